The summed E-state index contributed by atoms with van der Waals surface area (Å²) in [5, 5.41) is 8.93. The monoisotopic (exact) mass is 369 g/mol. The minimum Gasteiger partial charge on any atom is -0.311 e. The normalized spacial score (nSPS) is 17.3. The number of hydrogen-bond acceptors (Lipinski definition) is 4. The second-order valence-electron chi connectivity index (χ2n) is 6.36. The van der Waals surface area contributed by atoms with Gasteiger partial charge in [0.05, 0.1) is 16.5 Å². The van der Waals surface area contributed by atoms with Gasteiger partial charge in [0.15, 0.2) is 0 Å². The molecule has 1 heterocycles. The third-order valence-electron chi connectivity index (χ3n) is 4.58. The van der Waals surface area contributed by atoms with Crippen LogP contribution in [0.3, 0.4) is 0 Å². The van der Waals surface area contributed by atoms with Crippen LogP contribution in [0.25, 0.3) is 0 Å². The van der Waals surface area contributed by atoms with Gasteiger partial charge in [0, 0.05) is 12.2 Å². The van der Waals surface area contributed by atoms with Crippen LogP contribution < -0.4 is 9.62 Å². The quantitative estimate of drug-likeness (QED) is 0.895. The number of rotatable bonds is 4. The zero-order valence-corrected chi connectivity index (χ0v) is 15.4. The summed E-state index contributed by atoms with van der Waals surface area (Å²) in [6.07, 6.45) is 0.392. The van der Waals surface area contributed by atoms with E-state index in [9.17, 15) is 13.2 Å². The molecule has 1 unspecified atom stereocenters. The smallest absolute Gasteiger partial charge is 0.245 e. The van der Waals surface area contributed by atoms with Crippen molar-refractivity contribution in [2.45, 2.75) is 31.2 Å². The molecule has 26 heavy (non-hydrogen) atoms. The Morgan fingerprint density at radius 3 is 2.62 bits per heavy atom. The van der Waals surface area contributed by atoms with Crippen molar-refractivity contribution < 1.29 is 13.2 Å². The van der Waals surface area contributed by atoms with Crippen LogP contribution in [0, 0.1) is 25.2 Å². The highest BCUT2D eigenvalue weighted by atomic mass is 32.2. The van der Waals surface area contributed by atoms with Gasteiger partial charge in [-0.05, 0) is 61.7 Å². The summed E-state index contributed by atoms with van der Waals surface area (Å²) in [5.41, 5.74) is 3.23. The van der Waals surface area contributed by atoms with Gasteiger partial charge in [-0.25, -0.2) is 8.42 Å². The molecule has 2 aromatic carbocycles. The molecule has 1 N–H and O–H groups in total. The average Bonchev–Trinajstić information content (AvgIpc) is 2.97. The summed E-state index contributed by atoms with van der Waals surface area (Å²) in [5.74, 6) is -0.270. The standard InChI is InChI=1S/C19H19N3O3S/c1-13-6-7-16(10-14(13)2)22-9-8-18(19(22)23)21-26(24,25)17-5-3-4-15(11-17)12-20/h3-7,10-11,18,21H,8-9H2,1-2H3. The Morgan fingerprint density at radius 2 is 1.92 bits per heavy atom. The molecular weight excluding hydrogens is 350 g/mol. The van der Waals surface area contributed by atoms with Crippen LogP contribution in [-0.4, -0.2) is 26.9 Å². The third-order valence-corrected chi connectivity index (χ3v) is 6.05. The maximum absolute atomic E-state index is 12.7. The number of amides is 1. The van der Waals surface area contributed by atoms with Crippen molar-refractivity contribution >= 4 is 21.6 Å². The van der Waals surface area contributed by atoms with Crippen molar-refractivity contribution in [3.8, 4) is 6.07 Å². The van der Waals surface area contributed by atoms with Gasteiger partial charge in [0.1, 0.15) is 6.04 Å². The van der Waals surface area contributed by atoms with Crippen LogP contribution >= 0.6 is 0 Å². The number of sulfonamides is 1. The number of nitrogens with zero attached hydrogens (tertiary/aromatic N) is 2. The van der Waals surface area contributed by atoms with Crippen molar-refractivity contribution in [3.63, 3.8) is 0 Å². The van der Waals surface area contributed by atoms with E-state index >= 15 is 0 Å². The number of aryl methyl sites for hydroxylation is 2. The van der Waals surface area contributed by atoms with Gasteiger partial charge in [0.25, 0.3) is 0 Å². The van der Waals surface area contributed by atoms with E-state index in [-0.39, 0.29) is 16.4 Å². The maximum Gasteiger partial charge on any atom is 0.245 e. The van der Waals surface area contributed by atoms with Crippen molar-refractivity contribution in [1.82, 2.24) is 4.72 Å². The molecule has 3 rings (SSSR count). The fourth-order valence-electron chi connectivity index (χ4n) is 2.93. The molecule has 0 radical (unpaired) electrons. The maximum atomic E-state index is 12.7. The minimum atomic E-state index is -3.88. The molecule has 0 bridgehead atoms. The summed E-state index contributed by atoms with van der Waals surface area (Å²) < 4.78 is 27.6. The number of benzene rings is 2. The van der Waals surface area contributed by atoms with Crippen LogP contribution in [0.5, 0.6) is 0 Å². The SMILES string of the molecule is Cc1ccc(N2CCC(NS(=O)(=O)c3cccc(C#N)c3)C2=O)cc1C. The molecule has 134 valence electrons. The fourth-order valence-corrected chi connectivity index (χ4v) is 4.20. The van der Waals surface area contributed by atoms with Crippen molar-refractivity contribution in [3.05, 3.63) is 59.2 Å². The lowest BCUT2D eigenvalue weighted by Gasteiger charge is -2.18. The van der Waals surface area contributed by atoms with E-state index in [0.717, 1.165) is 16.8 Å². The van der Waals surface area contributed by atoms with E-state index in [1.807, 2.05) is 38.1 Å². The van der Waals surface area contributed by atoms with Crippen LogP contribution in [-0.2, 0) is 14.8 Å². The Morgan fingerprint density at radius 1 is 1.15 bits per heavy atom. The second kappa shape index (κ2) is 6.90. The van der Waals surface area contributed by atoms with Gasteiger partial charge in [-0.15, -0.1) is 0 Å². The second-order valence-corrected chi connectivity index (χ2v) is 8.07. The first-order valence-corrected chi connectivity index (χ1v) is 9.71. The minimum absolute atomic E-state index is 0.0195. The number of nitriles is 1. The van der Waals surface area contributed by atoms with Crippen LogP contribution in [0.4, 0.5) is 5.69 Å². The molecule has 0 aromatic heterocycles. The van der Waals surface area contributed by atoms with Gasteiger partial charge < -0.3 is 4.90 Å². The molecule has 7 heteroatoms. The number of hydrogen-bond donors (Lipinski definition) is 1. The molecule has 0 saturated carbocycles. The van der Waals surface area contributed by atoms with Gasteiger partial charge in [-0.2, -0.15) is 9.98 Å². The molecule has 6 nitrogen and oxygen atoms in total. The first kappa shape index (κ1) is 18.1. The third kappa shape index (κ3) is 3.47. The highest BCUT2D eigenvalue weighted by Crippen LogP contribution is 2.25. The van der Waals surface area contributed by atoms with E-state index in [0.29, 0.717) is 13.0 Å². The molecule has 2 aromatic rings. The highest BCUT2D eigenvalue weighted by Gasteiger charge is 2.35. The summed E-state index contributed by atoms with van der Waals surface area (Å²) in [6, 6.07) is 12.6. The Labute approximate surface area is 153 Å². The lowest BCUT2D eigenvalue weighted by molar-refractivity contribution is -0.118. The lowest BCUT2D eigenvalue weighted by atomic mass is 10.1. The summed E-state index contributed by atoms with van der Waals surface area (Å²) in [4.78, 5) is 14.3. The predicted octanol–water partition coefficient (Wildman–Crippen LogP) is 2.26. The summed E-state index contributed by atoms with van der Waals surface area (Å²) in [6.45, 7) is 4.42. The molecule has 0 aliphatic carbocycles. The number of anilines is 1. The van der Waals surface area contributed by atoms with Crippen LogP contribution in [0.15, 0.2) is 47.4 Å². The molecule has 0 spiro atoms. The highest BCUT2D eigenvalue weighted by molar-refractivity contribution is 7.89. The van der Waals surface area contributed by atoms with E-state index in [4.69, 9.17) is 5.26 Å². The predicted molar refractivity (Wildman–Crippen MR) is 98.2 cm³/mol. The van der Waals surface area contributed by atoms with Crippen molar-refractivity contribution in [2.24, 2.45) is 0 Å². The fraction of sp³-hybridized carbons (Fsp3) is 0.263. The molecule has 1 aliphatic rings. The van der Waals surface area contributed by atoms with Gasteiger partial charge >= 0.3 is 0 Å². The van der Waals surface area contributed by atoms with Crippen LogP contribution in [0.1, 0.15) is 23.1 Å². The van der Waals surface area contributed by atoms with E-state index < -0.39 is 16.1 Å². The van der Waals surface area contributed by atoms with E-state index in [2.05, 4.69) is 4.72 Å². The largest absolute Gasteiger partial charge is 0.311 e. The van der Waals surface area contributed by atoms with E-state index in [1.165, 1.54) is 24.3 Å². The van der Waals surface area contributed by atoms with Crippen LogP contribution in [0.2, 0.25) is 0 Å². The molecule has 1 atom stereocenters. The summed E-state index contributed by atoms with van der Waals surface area (Å²) in [7, 11) is -3.88. The molecule has 1 fully saturated rings. The van der Waals surface area contributed by atoms with Gasteiger partial charge in [-0.1, -0.05) is 12.1 Å². The Balaban J connectivity index is 1.80. The summed E-state index contributed by atoms with van der Waals surface area (Å²) >= 11 is 0. The topological polar surface area (TPSA) is 90.3 Å². The Hall–Kier alpha value is -2.69. The molecular formula is C19H19N3O3S. The van der Waals surface area contributed by atoms with E-state index in [1.54, 1.807) is 4.90 Å². The molecule has 1 amide bonds. The van der Waals surface area contributed by atoms with Crippen molar-refractivity contribution in [1.29, 1.82) is 5.26 Å². The first-order valence-electron chi connectivity index (χ1n) is 8.23. The average molecular weight is 369 g/mol. The number of carbonyl (C=O) groups is 1. The first-order chi connectivity index (χ1) is 12.3. The van der Waals surface area contributed by atoms with Gasteiger partial charge in [-0.3, -0.25) is 4.79 Å². The molecule has 1 saturated heterocycles. The Bertz CT molecular complexity index is 1010. The lowest BCUT2D eigenvalue weighted by Crippen LogP contribution is -2.41. The zero-order chi connectivity index (χ0) is 18.9. The van der Waals surface area contributed by atoms with Gasteiger partial charge in [0.2, 0.25) is 15.9 Å². The number of nitrogens with one attached hydrogen (secondary N) is 1. The zero-order valence-electron chi connectivity index (χ0n) is 14.6. The Kier molecular flexibility index (Phi) is 4.81. The van der Waals surface area contributed by atoms with Crippen molar-refractivity contribution in [2.75, 3.05) is 11.4 Å². The number of carbonyl (C=O) groups excluding carboxylic acids is 1. The molecule has 1 aliphatic heterocycles.